The molecule has 0 saturated carbocycles. The number of rotatable bonds is 4. The highest BCUT2D eigenvalue weighted by Crippen LogP contribution is 2.35. The Morgan fingerprint density at radius 3 is 2.91 bits per heavy atom. The second-order valence-electron chi connectivity index (χ2n) is 5.96. The molecule has 22 heavy (non-hydrogen) atoms. The van der Waals surface area contributed by atoms with Gasteiger partial charge >= 0.3 is 0 Å². The molecule has 3 rings (SSSR count). The van der Waals surface area contributed by atoms with Gasteiger partial charge < -0.3 is 11.1 Å². The van der Waals surface area contributed by atoms with Gasteiger partial charge in [0.2, 0.25) is 0 Å². The van der Waals surface area contributed by atoms with Gasteiger partial charge in [-0.05, 0) is 60.2 Å². The van der Waals surface area contributed by atoms with Gasteiger partial charge in [-0.2, -0.15) is 0 Å². The van der Waals surface area contributed by atoms with E-state index >= 15 is 0 Å². The maximum atomic E-state index is 13.7. The van der Waals surface area contributed by atoms with Crippen molar-refractivity contribution in [2.75, 3.05) is 13.6 Å². The second kappa shape index (κ2) is 5.93. The molecule has 0 spiro atoms. The van der Waals surface area contributed by atoms with Crippen LogP contribution in [0.1, 0.15) is 23.1 Å². The Bertz CT molecular complexity index is 710. The number of nitrogens with one attached hydrogen (secondary N) is 1. The molecule has 2 aliphatic carbocycles. The lowest BCUT2D eigenvalue weighted by molar-refractivity contribution is 0.600. The van der Waals surface area contributed by atoms with Gasteiger partial charge in [-0.25, -0.2) is 4.39 Å². The van der Waals surface area contributed by atoms with Gasteiger partial charge in [0, 0.05) is 17.8 Å². The van der Waals surface area contributed by atoms with Crippen LogP contribution in [-0.4, -0.2) is 13.6 Å². The van der Waals surface area contributed by atoms with E-state index in [-0.39, 0.29) is 5.82 Å². The van der Waals surface area contributed by atoms with Crippen LogP contribution in [0.4, 0.5) is 4.39 Å². The highest BCUT2D eigenvalue weighted by Gasteiger charge is 2.21. The molecule has 1 aromatic carbocycles. The van der Waals surface area contributed by atoms with Gasteiger partial charge in [-0.3, -0.25) is 0 Å². The number of fused-ring (bicyclic) bond motifs is 1. The van der Waals surface area contributed by atoms with Crippen molar-refractivity contribution < 1.29 is 4.39 Å². The van der Waals surface area contributed by atoms with Gasteiger partial charge in [-0.15, -0.1) is 0 Å². The molecule has 1 aromatic rings. The van der Waals surface area contributed by atoms with Gasteiger partial charge in [-0.1, -0.05) is 30.9 Å². The number of allylic oxidation sites excluding steroid dienone is 4. The molecule has 2 aliphatic rings. The van der Waals surface area contributed by atoms with Crippen LogP contribution in [0.25, 0.3) is 11.8 Å². The molecular formula is C19H21FN2. The molecule has 0 heterocycles. The van der Waals surface area contributed by atoms with Gasteiger partial charge in [0.1, 0.15) is 5.82 Å². The molecule has 1 atom stereocenters. The quantitative estimate of drug-likeness (QED) is 0.893. The summed E-state index contributed by atoms with van der Waals surface area (Å²) in [6.07, 6.45) is 10.6. The monoisotopic (exact) mass is 296 g/mol. The Kier molecular flexibility index (Phi) is 3.99. The lowest BCUT2D eigenvalue weighted by atomic mass is 9.91. The van der Waals surface area contributed by atoms with Crippen LogP contribution in [0, 0.1) is 11.7 Å². The van der Waals surface area contributed by atoms with E-state index in [0.29, 0.717) is 11.6 Å². The molecule has 0 fully saturated rings. The highest BCUT2D eigenvalue weighted by molar-refractivity contribution is 5.77. The molecule has 0 aliphatic heterocycles. The average Bonchev–Trinajstić information content (AvgIpc) is 2.91. The van der Waals surface area contributed by atoms with Crippen LogP contribution in [0.3, 0.4) is 0 Å². The third-order valence-electron chi connectivity index (χ3n) is 4.32. The number of halogens is 1. The fourth-order valence-corrected chi connectivity index (χ4v) is 3.20. The lowest BCUT2D eigenvalue weighted by Crippen LogP contribution is -2.18. The van der Waals surface area contributed by atoms with E-state index in [2.05, 4.69) is 36.2 Å². The summed E-state index contributed by atoms with van der Waals surface area (Å²) in [6, 6.07) is 3.05. The van der Waals surface area contributed by atoms with Crippen LogP contribution in [0.5, 0.6) is 0 Å². The molecule has 0 saturated heterocycles. The fourth-order valence-electron chi connectivity index (χ4n) is 3.20. The summed E-state index contributed by atoms with van der Waals surface area (Å²) in [5.74, 6) is 0.287. The highest BCUT2D eigenvalue weighted by atomic mass is 19.1. The van der Waals surface area contributed by atoms with E-state index in [1.165, 1.54) is 17.2 Å². The summed E-state index contributed by atoms with van der Waals surface area (Å²) in [5, 5.41) is 3.20. The van der Waals surface area contributed by atoms with Gasteiger partial charge in [0.05, 0.1) is 0 Å². The first-order valence-electron chi connectivity index (χ1n) is 7.59. The van der Waals surface area contributed by atoms with E-state index in [0.717, 1.165) is 36.1 Å². The van der Waals surface area contributed by atoms with Crippen LogP contribution in [0.15, 0.2) is 48.1 Å². The van der Waals surface area contributed by atoms with Crippen molar-refractivity contribution in [2.45, 2.75) is 12.8 Å². The topological polar surface area (TPSA) is 38.0 Å². The third kappa shape index (κ3) is 2.77. The number of hydrogen-bond acceptors (Lipinski definition) is 2. The van der Waals surface area contributed by atoms with Crippen molar-refractivity contribution >= 4 is 11.8 Å². The van der Waals surface area contributed by atoms with Crippen molar-refractivity contribution in [3.8, 4) is 0 Å². The Morgan fingerprint density at radius 2 is 2.27 bits per heavy atom. The summed E-state index contributed by atoms with van der Waals surface area (Å²) >= 11 is 0. The van der Waals surface area contributed by atoms with Crippen LogP contribution < -0.4 is 11.1 Å². The molecule has 3 heteroatoms. The lowest BCUT2D eigenvalue weighted by Gasteiger charge is -2.16. The normalized spacial score (nSPS) is 19.6. The minimum atomic E-state index is -0.264. The maximum absolute atomic E-state index is 13.7. The summed E-state index contributed by atoms with van der Waals surface area (Å²) in [4.78, 5) is 0. The smallest absolute Gasteiger partial charge is 0.124 e. The molecule has 3 N–H and O–H groups in total. The Balaban J connectivity index is 1.85. The SMILES string of the molecule is C=C(N)c1cc(F)cc2c1CC(C1=CCC(CNC)C=C1)=C2. The van der Waals surface area contributed by atoms with Crippen molar-refractivity contribution in [3.63, 3.8) is 0 Å². The van der Waals surface area contributed by atoms with Crippen molar-refractivity contribution in [2.24, 2.45) is 11.7 Å². The van der Waals surface area contributed by atoms with Crippen LogP contribution in [-0.2, 0) is 6.42 Å². The van der Waals surface area contributed by atoms with E-state index in [4.69, 9.17) is 5.73 Å². The van der Waals surface area contributed by atoms with E-state index in [1.54, 1.807) is 6.07 Å². The summed E-state index contributed by atoms with van der Waals surface area (Å²) in [5.41, 5.74) is 11.4. The zero-order chi connectivity index (χ0) is 15.7. The minimum Gasteiger partial charge on any atom is -0.399 e. The molecule has 0 amide bonds. The molecule has 0 aromatic heterocycles. The zero-order valence-corrected chi connectivity index (χ0v) is 12.8. The largest absolute Gasteiger partial charge is 0.399 e. The van der Waals surface area contributed by atoms with E-state index < -0.39 is 0 Å². The van der Waals surface area contributed by atoms with Crippen LogP contribution >= 0.6 is 0 Å². The third-order valence-corrected chi connectivity index (χ3v) is 4.32. The summed E-state index contributed by atoms with van der Waals surface area (Å²) in [6.45, 7) is 4.75. The predicted molar refractivity (Wildman–Crippen MR) is 90.6 cm³/mol. The molecular weight excluding hydrogens is 275 g/mol. The standard InChI is InChI=1S/C19H21FN2/c1-12(21)18-10-17(20)8-16-7-15(9-19(16)18)14-5-3-13(4-6-14)11-22-2/h3,5-8,10,13,22H,1,4,9,11,21H2,2H3. The van der Waals surface area contributed by atoms with Crippen LogP contribution in [0.2, 0.25) is 0 Å². The molecule has 0 radical (unpaired) electrons. The van der Waals surface area contributed by atoms with Gasteiger partial charge in [0.25, 0.3) is 0 Å². The van der Waals surface area contributed by atoms with Gasteiger partial charge in [0.15, 0.2) is 0 Å². The first-order chi connectivity index (χ1) is 10.6. The fraction of sp³-hybridized carbons (Fsp3) is 0.263. The minimum absolute atomic E-state index is 0.264. The predicted octanol–water partition coefficient (Wildman–Crippen LogP) is 3.42. The van der Waals surface area contributed by atoms with Crippen molar-refractivity contribution in [1.29, 1.82) is 0 Å². The Labute approximate surface area is 130 Å². The number of benzene rings is 1. The van der Waals surface area contributed by atoms with Crippen molar-refractivity contribution in [1.82, 2.24) is 5.32 Å². The molecule has 0 bridgehead atoms. The van der Waals surface area contributed by atoms with E-state index in [1.807, 2.05) is 7.05 Å². The summed E-state index contributed by atoms with van der Waals surface area (Å²) in [7, 11) is 1.97. The zero-order valence-electron chi connectivity index (χ0n) is 12.8. The first kappa shape index (κ1) is 14.8. The number of nitrogens with two attached hydrogens (primary N) is 1. The molecule has 114 valence electrons. The average molecular weight is 296 g/mol. The second-order valence-corrected chi connectivity index (χ2v) is 5.96. The Hall–Kier alpha value is -2.13. The number of hydrogen-bond donors (Lipinski definition) is 2. The van der Waals surface area contributed by atoms with E-state index in [9.17, 15) is 4.39 Å². The summed E-state index contributed by atoms with van der Waals surface area (Å²) < 4.78 is 13.7. The first-order valence-corrected chi connectivity index (χ1v) is 7.59. The van der Waals surface area contributed by atoms with Crippen molar-refractivity contribution in [3.05, 3.63) is 70.6 Å². The molecule has 1 unspecified atom stereocenters. The molecule has 2 nitrogen and oxygen atoms in total. The maximum Gasteiger partial charge on any atom is 0.124 e. The Morgan fingerprint density at radius 1 is 1.45 bits per heavy atom.